The molecule has 0 aliphatic carbocycles. The summed E-state index contributed by atoms with van der Waals surface area (Å²) in [5.74, 6) is 0. The molecule has 0 aromatic rings. The van der Waals surface area contributed by atoms with Gasteiger partial charge < -0.3 is 5.71 Å². The van der Waals surface area contributed by atoms with Gasteiger partial charge in [-0.15, -0.1) is 0 Å². The van der Waals surface area contributed by atoms with Crippen molar-refractivity contribution < 1.29 is 126 Å². The van der Waals surface area contributed by atoms with E-state index in [4.69, 9.17) is 0 Å². The fraction of sp³-hybridized carbons (Fsp3) is 0. The molecule has 0 saturated heterocycles. The zero-order chi connectivity index (χ0) is 0. The van der Waals surface area contributed by atoms with Gasteiger partial charge in [0, 0.05) is 120 Å². The minimum atomic E-state index is 0. The third kappa shape index (κ3) is 22.7. The van der Waals surface area contributed by atoms with E-state index in [1.165, 1.54) is 0 Å². The molecule has 0 N–H and O–H groups in total. The number of rotatable bonds is 0. The van der Waals surface area contributed by atoms with Gasteiger partial charge in [0.1, 0.15) is 0 Å². The van der Waals surface area contributed by atoms with Crippen molar-refractivity contribution in [3.8, 4) is 0 Å². The van der Waals surface area contributed by atoms with Gasteiger partial charge in [0.05, 0.1) is 0 Å². The molecule has 0 aromatic carbocycles. The Bertz CT molecular complexity index is 23.2. The van der Waals surface area contributed by atoms with E-state index in [9.17, 15) is 0 Å². The van der Waals surface area contributed by atoms with Gasteiger partial charge in [-0.2, -0.15) is 0 Å². The summed E-state index contributed by atoms with van der Waals surface area (Å²) in [4.78, 5) is 0. The van der Waals surface area contributed by atoms with Crippen LogP contribution in [0.4, 0.5) is 0 Å². The van der Waals surface area contributed by atoms with Gasteiger partial charge in [-0.1, -0.05) is 0 Å². The Morgan fingerprint density at radius 2 is 1.00 bits per heavy atom. The zero-order valence-corrected chi connectivity index (χ0v) is 17.9. The van der Waals surface area contributed by atoms with Crippen molar-refractivity contribution in [3.05, 3.63) is 0 Å². The maximum atomic E-state index is 0. The Balaban J connectivity index is 0. The van der Waals surface area contributed by atoms with Crippen molar-refractivity contribution in [1.82, 2.24) is 0 Å². The predicted octanol–water partition coefficient (Wildman–Crippen LogP) is -0.319. The average Bonchev–Trinajstić information content (AvgIpc) is 0. The van der Waals surface area contributed by atoms with Crippen molar-refractivity contribution in [2.24, 2.45) is 0 Å². The molecule has 0 aliphatic heterocycles. The van der Waals surface area contributed by atoms with Crippen molar-refractivity contribution in [2.45, 2.75) is 0 Å². The Labute approximate surface area is 167 Å². The molecule has 0 amide bonds. The first-order valence-electron chi connectivity index (χ1n) is 0. The summed E-state index contributed by atoms with van der Waals surface area (Å²) in [5.41, 5.74) is 0. The van der Waals surface area contributed by atoms with Crippen LogP contribution in [0.25, 0.3) is 0 Å². The fourth-order valence-electron chi connectivity index (χ4n) is 0. The van der Waals surface area contributed by atoms with Crippen LogP contribution < -0.4 is 0 Å². The molecule has 0 atom stereocenters. The molecular weight excluding hydrogens is 434 g/mol. The van der Waals surface area contributed by atoms with Crippen molar-refractivity contribution >= 4 is 46.1 Å². The van der Waals surface area contributed by atoms with Gasteiger partial charge >= 0.3 is 46.1 Å². The van der Waals surface area contributed by atoms with Crippen LogP contribution in [0.15, 0.2) is 0 Å². The summed E-state index contributed by atoms with van der Waals surface area (Å²) in [6.45, 7) is 0. The molecule has 0 aromatic heterocycles. The number of hydrogen-bond donors (Lipinski definition) is 0. The smallest absolute Gasteiger partial charge is 1.00 e. The van der Waals surface area contributed by atoms with Crippen LogP contribution in [0.1, 0.15) is 5.71 Å². The van der Waals surface area contributed by atoms with Crippen LogP contribution in [0, 0.1) is 41.7 Å². The van der Waals surface area contributed by atoms with Gasteiger partial charge in [0.15, 0.2) is 0 Å². The summed E-state index contributed by atoms with van der Waals surface area (Å²) >= 11 is 0. The zero-order valence-electron chi connectivity index (χ0n) is 7.70. The normalized spacial score (nSPS) is 0. The molecule has 0 bridgehead atoms. The third-order valence-corrected chi connectivity index (χ3v) is 0. The summed E-state index contributed by atoms with van der Waals surface area (Å²) < 4.78 is 0. The second-order valence-corrected chi connectivity index (χ2v) is 0. The molecule has 0 heterocycles. The predicted molar refractivity (Wildman–Crippen MR) is 16.0 cm³/mol. The Hall–Kier alpha value is 5.52. The monoisotopic (exact) mass is 435 g/mol. The van der Waals surface area contributed by atoms with Gasteiger partial charge in [0.2, 0.25) is 0 Å². The summed E-state index contributed by atoms with van der Waals surface area (Å²) in [5, 5.41) is 0. The molecule has 0 saturated carbocycles. The standard InChI is InChI=1S/Ce.2Mg.Y.Zn.Zr.4H/q;2*+2;;;;4*-1. The fourth-order valence-corrected chi connectivity index (χ4v) is 0. The van der Waals surface area contributed by atoms with Gasteiger partial charge in [0.25, 0.3) is 0 Å². The van der Waals surface area contributed by atoms with Crippen LogP contribution in [-0.4, -0.2) is 46.1 Å². The maximum absolute atomic E-state index is 0. The van der Waals surface area contributed by atoms with E-state index in [1.54, 1.807) is 0 Å². The molecule has 6 heavy (non-hydrogen) atoms. The molecule has 1 radical (unpaired) electrons. The van der Waals surface area contributed by atoms with Crippen LogP contribution in [0.2, 0.25) is 0 Å². The largest absolute Gasteiger partial charge is 2.00 e. The van der Waals surface area contributed by atoms with Gasteiger partial charge in [-0.3, -0.25) is 0 Å². The van der Waals surface area contributed by atoms with Crippen molar-refractivity contribution in [1.29, 1.82) is 0 Å². The maximum Gasteiger partial charge on any atom is 2.00 e. The second kappa shape index (κ2) is 31.3. The SMILES string of the molecule is [Ce].[H-].[H-].[H-].[H-].[Mg+2].[Mg+2].[Y].[Zn].[Zr]. The molecule has 6 heteroatoms. The minimum Gasteiger partial charge on any atom is -1.00 e. The van der Waals surface area contributed by atoms with E-state index in [0.717, 1.165) is 0 Å². The molecule has 21 valence electrons. The molecular formula is H4CeMg2YZnZr. The molecule has 0 spiro atoms. The van der Waals surface area contributed by atoms with E-state index >= 15 is 0 Å². The van der Waals surface area contributed by atoms with Gasteiger partial charge in [-0.05, 0) is 0 Å². The van der Waals surface area contributed by atoms with Crippen molar-refractivity contribution in [2.75, 3.05) is 0 Å². The minimum absolute atomic E-state index is 0. The Kier molecular flexibility index (Phi) is 218. The average molecular weight is 438 g/mol. The Morgan fingerprint density at radius 3 is 1.00 bits per heavy atom. The van der Waals surface area contributed by atoms with Gasteiger partial charge in [-0.25, -0.2) is 0 Å². The molecule has 0 fully saturated rings. The molecule has 0 aliphatic rings. The van der Waals surface area contributed by atoms with E-state index in [-0.39, 0.29) is 172 Å². The number of hydrogen-bond acceptors (Lipinski definition) is 0. The first-order valence-corrected chi connectivity index (χ1v) is 0. The second-order valence-electron chi connectivity index (χ2n) is 0. The molecule has 0 unspecified atom stereocenters. The van der Waals surface area contributed by atoms with Crippen LogP contribution in [0.5, 0.6) is 0 Å². The van der Waals surface area contributed by atoms with E-state index in [0.29, 0.717) is 0 Å². The Morgan fingerprint density at radius 1 is 1.00 bits per heavy atom. The summed E-state index contributed by atoms with van der Waals surface area (Å²) in [6, 6.07) is 0. The molecule has 0 nitrogen and oxygen atoms in total. The first kappa shape index (κ1) is 41.8. The quantitative estimate of drug-likeness (QED) is 0.455. The summed E-state index contributed by atoms with van der Waals surface area (Å²) in [7, 11) is 0. The van der Waals surface area contributed by atoms with Crippen LogP contribution >= 0.6 is 0 Å². The van der Waals surface area contributed by atoms with Crippen LogP contribution in [-0.2, 0) is 78.4 Å². The van der Waals surface area contributed by atoms with E-state index < -0.39 is 0 Å². The third-order valence-electron chi connectivity index (χ3n) is 0. The van der Waals surface area contributed by atoms with Crippen LogP contribution in [0.3, 0.4) is 0 Å². The van der Waals surface area contributed by atoms with Crippen molar-refractivity contribution in [3.63, 3.8) is 0 Å². The topological polar surface area (TPSA) is 0 Å². The first-order chi connectivity index (χ1) is 0. The summed E-state index contributed by atoms with van der Waals surface area (Å²) in [6.07, 6.45) is 0. The molecule has 0 rings (SSSR count). The van der Waals surface area contributed by atoms with E-state index in [1.807, 2.05) is 0 Å². The van der Waals surface area contributed by atoms with E-state index in [2.05, 4.69) is 0 Å².